The van der Waals surface area contributed by atoms with E-state index < -0.39 is 0 Å². The van der Waals surface area contributed by atoms with Gasteiger partial charge in [0.25, 0.3) is 5.91 Å². The molecule has 0 bridgehead atoms. The van der Waals surface area contributed by atoms with Gasteiger partial charge in [-0.15, -0.1) is 0 Å². The first kappa shape index (κ1) is 16.6. The maximum atomic E-state index is 12.8. The Labute approximate surface area is 141 Å². The summed E-state index contributed by atoms with van der Waals surface area (Å²) in [7, 11) is 0. The molecular formula is C16H23ClN4O2. The van der Waals surface area contributed by atoms with Crippen LogP contribution in [0, 0.1) is 12.8 Å². The molecule has 7 heteroatoms. The largest absolute Gasteiger partial charge is 0.379 e. The molecule has 0 unspecified atom stereocenters. The predicted octanol–water partition coefficient (Wildman–Crippen LogP) is 1.62. The van der Waals surface area contributed by atoms with Crippen LogP contribution in [0.3, 0.4) is 0 Å². The van der Waals surface area contributed by atoms with Crippen molar-refractivity contribution in [3.8, 4) is 0 Å². The Balaban J connectivity index is 1.75. The molecule has 2 fully saturated rings. The second-order valence-corrected chi connectivity index (χ2v) is 6.62. The van der Waals surface area contributed by atoms with E-state index in [1.165, 1.54) is 6.20 Å². The van der Waals surface area contributed by atoms with E-state index in [1.54, 1.807) is 6.92 Å². The van der Waals surface area contributed by atoms with E-state index in [9.17, 15) is 4.79 Å². The zero-order chi connectivity index (χ0) is 16.4. The number of hydrogen-bond donors (Lipinski definition) is 0. The summed E-state index contributed by atoms with van der Waals surface area (Å²) in [6, 6.07) is 0.398. The maximum Gasteiger partial charge on any atom is 0.274 e. The van der Waals surface area contributed by atoms with Gasteiger partial charge < -0.3 is 9.64 Å². The minimum Gasteiger partial charge on any atom is -0.379 e. The Bertz CT molecular complexity index is 577. The summed E-state index contributed by atoms with van der Waals surface area (Å²) in [6.07, 6.45) is 2.56. The molecule has 0 saturated carbocycles. The van der Waals surface area contributed by atoms with Crippen LogP contribution in [-0.4, -0.2) is 71.1 Å². The van der Waals surface area contributed by atoms with Crippen molar-refractivity contribution in [3.63, 3.8) is 0 Å². The van der Waals surface area contributed by atoms with Crippen LogP contribution < -0.4 is 0 Å². The van der Waals surface area contributed by atoms with Crippen LogP contribution in [0.2, 0.25) is 5.02 Å². The van der Waals surface area contributed by atoms with Crippen molar-refractivity contribution in [1.29, 1.82) is 0 Å². The third-order valence-electron chi connectivity index (χ3n) is 4.80. The molecule has 3 rings (SSSR count). The Morgan fingerprint density at radius 1 is 1.39 bits per heavy atom. The fourth-order valence-corrected chi connectivity index (χ4v) is 3.67. The van der Waals surface area contributed by atoms with Crippen LogP contribution in [-0.2, 0) is 4.74 Å². The number of aryl methyl sites for hydroxylation is 1. The van der Waals surface area contributed by atoms with Crippen molar-refractivity contribution in [2.24, 2.45) is 5.92 Å². The molecule has 126 valence electrons. The number of amides is 1. The molecule has 23 heavy (non-hydrogen) atoms. The molecule has 1 aromatic rings. The van der Waals surface area contributed by atoms with Gasteiger partial charge in [-0.2, -0.15) is 0 Å². The molecule has 2 saturated heterocycles. The van der Waals surface area contributed by atoms with Gasteiger partial charge in [0.1, 0.15) is 5.82 Å². The molecule has 0 radical (unpaired) electrons. The number of likely N-dealkylation sites (tertiary alicyclic amines) is 1. The fourth-order valence-electron chi connectivity index (χ4n) is 3.50. The molecule has 1 amide bonds. The lowest BCUT2D eigenvalue weighted by atomic mass is 9.99. The lowest BCUT2D eigenvalue weighted by Crippen LogP contribution is -2.47. The Hall–Kier alpha value is -1.24. The summed E-state index contributed by atoms with van der Waals surface area (Å²) in [5.41, 5.74) is 0.316. The third kappa shape index (κ3) is 3.49. The van der Waals surface area contributed by atoms with Crippen LogP contribution in [0.25, 0.3) is 0 Å². The van der Waals surface area contributed by atoms with E-state index >= 15 is 0 Å². The molecule has 0 N–H and O–H groups in total. The Morgan fingerprint density at radius 2 is 2.13 bits per heavy atom. The fraction of sp³-hybridized carbons (Fsp3) is 0.688. The first-order valence-electron chi connectivity index (χ1n) is 8.20. The van der Waals surface area contributed by atoms with Gasteiger partial charge in [-0.05, 0) is 12.8 Å². The molecule has 3 heterocycles. The number of halogens is 1. The quantitative estimate of drug-likeness (QED) is 0.838. The highest BCUT2D eigenvalue weighted by Gasteiger charge is 2.39. The number of nitrogens with zero attached hydrogens (tertiary/aromatic N) is 4. The van der Waals surface area contributed by atoms with Crippen LogP contribution in [0.1, 0.15) is 29.7 Å². The summed E-state index contributed by atoms with van der Waals surface area (Å²) in [6.45, 7) is 8.88. The van der Waals surface area contributed by atoms with Crippen LogP contribution in [0.15, 0.2) is 6.20 Å². The van der Waals surface area contributed by atoms with E-state index in [0.717, 1.165) is 45.8 Å². The van der Waals surface area contributed by atoms with Crippen molar-refractivity contribution in [2.75, 3.05) is 39.4 Å². The standard InChI is InChI=1S/C16H23ClN4O2/c1-3-12-9-21(10-14(12)20-4-6-23-7-5-20)16(22)15-13(17)8-18-11(2)19-15/h8,12,14H,3-7,9-10H2,1-2H3/t12-,14-/m0/s1. The van der Waals surface area contributed by atoms with Gasteiger partial charge in [-0.25, -0.2) is 9.97 Å². The lowest BCUT2D eigenvalue weighted by molar-refractivity contribution is 0.0102. The molecule has 0 aliphatic carbocycles. The van der Waals surface area contributed by atoms with Crippen molar-refractivity contribution >= 4 is 17.5 Å². The summed E-state index contributed by atoms with van der Waals surface area (Å²) >= 11 is 6.13. The SMILES string of the molecule is CC[C@H]1CN(C(=O)c2nc(C)ncc2Cl)C[C@@H]1N1CCOCC1. The zero-order valence-electron chi connectivity index (χ0n) is 13.7. The predicted molar refractivity (Wildman–Crippen MR) is 87.6 cm³/mol. The van der Waals surface area contributed by atoms with E-state index in [4.69, 9.17) is 16.3 Å². The second-order valence-electron chi connectivity index (χ2n) is 6.21. The molecule has 0 spiro atoms. The summed E-state index contributed by atoms with van der Waals surface area (Å²) < 4.78 is 5.44. The first-order chi connectivity index (χ1) is 11.1. The minimum atomic E-state index is -0.0882. The Morgan fingerprint density at radius 3 is 2.83 bits per heavy atom. The number of rotatable bonds is 3. The molecule has 2 aliphatic rings. The van der Waals surface area contributed by atoms with E-state index in [0.29, 0.717) is 28.5 Å². The monoisotopic (exact) mass is 338 g/mol. The van der Waals surface area contributed by atoms with Gasteiger partial charge in [0.15, 0.2) is 5.69 Å². The zero-order valence-corrected chi connectivity index (χ0v) is 14.4. The molecular weight excluding hydrogens is 316 g/mol. The third-order valence-corrected chi connectivity index (χ3v) is 5.08. The normalized spacial score (nSPS) is 25.8. The number of morpholine rings is 1. The van der Waals surface area contributed by atoms with Crippen molar-refractivity contribution < 1.29 is 9.53 Å². The number of carbonyl (C=O) groups is 1. The highest BCUT2D eigenvalue weighted by molar-refractivity contribution is 6.33. The van der Waals surface area contributed by atoms with Crippen molar-refractivity contribution in [3.05, 3.63) is 22.7 Å². The summed E-state index contributed by atoms with van der Waals surface area (Å²) in [4.78, 5) is 25.4. The van der Waals surface area contributed by atoms with Gasteiger partial charge in [-0.1, -0.05) is 24.9 Å². The number of aromatic nitrogens is 2. The Kier molecular flexibility index (Phi) is 5.14. The van der Waals surface area contributed by atoms with Crippen LogP contribution in [0.5, 0.6) is 0 Å². The molecule has 2 aliphatic heterocycles. The van der Waals surface area contributed by atoms with Gasteiger partial charge in [0.2, 0.25) is 0 Å². The average Bonchev–Trinajstić information content (AvgIpc) is 3.01. The van der Waals surface area contributed by atoms with Gasteiger partial charge >= 0.3 is 0 Å². The van der Waals surface area contributed by atoms with Crippen molar-refractivity contribution in [1.82, 2.24) is 19.8 Å². The van der Waals surface area contributed by atoms with Gasteiger partial charge in [0.05, 0.1) is 24.4 Å². The average molecular weight is 339 g/mol. The summed E-state index contributed by atoms with van der Waals surface area (Å²) in [5.74, 6) is 0.960. The van der Waals surface area contributed by atoms with Crippen molar-refractivity contribution in [2.45, 2.75) is 26.3 Å². The number of ether oxygens (including phenoxy) is 1. The smallest absolute Gasteiger partial charge is 0.274 e. The highest BCUT2D eigenvalue weighted by atomic mass is 35.5. The molecule has 1 aromatic heterocycles. The number of hydrogen-bond acceptors (Lipinski definition) is 5. The van der Waals surface area contributed by atoms with Gasteiger partial charge in [-0.3, -0.25) is 9.69 Å². The highest BCUT2D eigenvalue weighted by Crippen LogP contribution is 2.27. The van der Waals surface area contributed by atoms with E-state index in [2.05, 4.69) is 21.8 Å². The summed E-state index contributed by atoms with van der Waals surface area (Å²) in [5, 5.41) is 0.323. The van der Waals surface area contributed by atoms with E-state index in [1.807, 2.05) is 4.90 Å². The van der Waals surface area contributed by atoms with Crippen LogP contribution >= 0.6 is 11.6 Å². The van der Waals surface area contributed by atoms with E-state index in [-0.39, 0.29) is 5.91 Å². The second kappa shape index (κ2) is 7.11. The molecule has 0 aromatic carbocycles. The molecule has 2 atom stereocenters. The maximum absolute atomic E-state index is 12.8. The topological polar surface area (TPSA) is 58.6 Å². The molecule has 6 nitrogen and oxygen atoms in total. The first-order valence-corrected chi connectivity index (χ1v) is 8.58. The minimum absolute atomic E-state index is 0.0882. The number of carbonyl (C=O) groups excluding carboxylic acids is 1. The van der Waals surface area contributed by atoms with Gasteiger partial charge in [0, 0.05) is 32.2 Å². The van der Waals surface area contributed by atoms with Crippen LogP contribution in [0.4, 0.5) is 0 Å². The lowest BCUT2D eigenvalue weighted by Gasteiger charge is -2.34.